The van der Waals surface area contributed by atoms with Gasteiger partial charge in [0.15, 0.2) is 5.96 Å². The Morgan fingerprint density at radius 3 is 2.77 bits per heavy atom. The molecule has 1 aromatic carbocycles. The Morgan fingerprint density at radius 1 is 1.41 bits per heavy atom. The number of unbranched alkanes of at least 4 members (excludes halogenated alkanes) is 1. The number of carbonyl (C=O) groups is 1. The first kappa shape index (κ1) is 21.2. The number of nitrogens with one attached hydrogen (secondary N) is 2. The van der Waals surface area contributed by atoms with Crippen molar-refractivity contribution >= 4 is 57.5 Å². The highest BCUT2D eigenvalue weighted by molar-refractivity contribution is 14.0. The Bertz CT molecular complexity index is 508. The molecule has 1 aromatic rings. The smallest absolute Gasteiger partial charge is 0.226 e. The van der Waals surface area contributed by atoms with Crippen molar-refractivity contribution in [2.24, 2.45) is 10.7 Å². The first-order valence-corrected chi connectivity index (χ1v) is 7.92. The van der Waals surface area contributed by atoms with E-state index in [4.69, 9.17) is 5.73 Å². The van der Waals surface area contributed by atoms with Crippen LogP contribution in [-0.4, -0.2) is 25.0 Å². The molecule has 0 saturated heterocycles. The van der Waals surface area contributed by atoms with Gasteiger partial charge in [-0.05, 0) is 37.1 Å². The SMILES string of the molecule is CCCCN=C(N)NCCC(=O)Nc1ccc(Br)cc1C.I. The van der Waals surface area contributed by atoms with Crippen molar-refractivity contribution in [3.63, 3.8) is 0 Å². The average Bonchev–Trinajstić information content (AvgIpc) is 2.42. The van der Waals surface area contributed by atoms with Crippen molar-refractivity contribution in [2.75, 3.05) is 18.4 Å². The van der Waals surface area contributed by atoms with Crippen molar-refractivity contribution < 1.29 is 4.79 Å². The minimum Gasteiger partial charge on any atom is -0.370 e. The zero-order valence-electron chi connectivity index (χ0n) is 13.0. The number of halogens is 2. The normalized spacial score (nSPS) is 10.8. The fourth-order valence-corrected chi connectivity index (χ4v) is 2.17. The summed E-state index contributed by atoms with van der Waals surface area (Å²) in [4.78, 5) is 16.0. The zero-order valence-corrected chi connectivity index (χ0v) is 16.9. The van der Waals surface area contributed by atoms with Crippen LogP contribution in [0.2, 0.25) is 0 Å². The van der Waals surface area contributed by atoms with Gasteiger partial charge in [0, 0.05) is 29.7 Å². The second-order valence-corrected chi connectivity index (χ2v) is 5.72. The van der Waals surface area contributed by atoms with Gasteiger partial charge in [0.05, 0.1) is 0 Å². The molecule has 0 spiro atoms. The number of amides is 1. The summed E-state index contributed by atoms with van der Waals surface area (Å²) in [6.45, 7) is 5.26. The number of hydrogen-bond donors (Lipinski definition) is 3. The first-order chi connectivity index (χ1) is 10.0. The third-order valence-corrected chi connectivity index (χ3v) is 3.41. The third-order valence-electron chi connectivity index (χ3n) is 2.91. The number of aliphatic imine (C=N–C) groups is 1. The molecule has 0 aliphatic carbocycles. The van der Waals surface area contributed by atoms with Gasteiger partial charge in [-0.1, -0.05) is 29.3 Å². The molecule has 0 radical (unpaired) electrons. The molecular formula is C15H24BrIN4O. The van der Waals surface area contributed by atoms with E-state index in [1.54, 1.807) is 0 Å². The number of aryl methyl sites for hydroxylation is 1. The van der Waals surface area contributed by atoms with Crippen molar-refractivity contribution in [1.29, 1.82) is 0 Å². The molecule has 0 atom stereocenters. The van der Waals surface area contributed by atoms with Crippen LogP contribution in [0.25, 0.3) is 0 Å². The van der Waals surface area contributed by atoms with Gasteiger partial charge >= 0.3 is 0 Å². The quantitative estimate of drug-likeness (QED) is 0.241. The van der Waals surface area contributed by atoms with Crippen LogP contribution in [0.1, 0.15) is 31.7 Å². The van der Waals surface area contributed by atoms with E-state index in [2.05, 4.69) is 38.5 Å². The predicted octanol–water partition coefficient (Wildman–Crippen LogP) is 3.41. The molecule has 0 aromatic heterocycles. The van der Waals surface area contributed by atoms with Gasteiger partial charge in [-0.2, -0.15) is 0 Å². The lowest BCUT2D eigenvalue weighted by Gasteiger charge is -2.09. The van der Waals surface area contributed by atoms with E-state index in [1.807, 2.05) is 25.1 Å². The highest BCUT2D eigenvalue weighted by Gasteiger charge is 2.05. The van der Waals surface area contributed by atoms with Gasteiger partial charge in [0.25, 0.3) is 0 Å². The molecule has 22 heavy (non-hydrogen) atoms. The molecular weight excluding hydrogens is 459 g/mol. The number of hydrogen-bond acceptors (Lipinski definition) is 2. The van der Waals surface area contributed by atoms with Gasteiger partial charge in [-0.3, -0.25) is 9.79 Å². The largest absolute Gasteiger partial charge is 0.370 e. The number of carbonyl (C=O) groups excluding carboxylic acids is 1. The summed E-state index contributed by atoms with van der Waals surface area (Å²) in [6, 6.07) is 5.75. The second-order valence-electron chi connectivity index (χ2n) is 4.80. The van der Waals surface area contributed by atoms with Crippen molar-refractivity contribution in [2.45, 2.75) is 33.1 Å². The van der Waals surface area contributed by atoms with E-state index in [-0.39, 0.29) is 29.9 Å². The molecule has 1 amide bonds. The lowest BCUT2D eigenvalue weighted by molar-refractivity contribution is -0.116. The summed E-state index contributed by atoms with van der Waals surface area (Å²) < 4.78 is 0.996. The van der Waals surface area contributed by atoms with Crippen LogP contribution in [0.15, 0.2) is 27.7 Å². The van der Waals surface area contributed by atoms with E-state index < -0.39 is 0 Å². The third kappa shape index (κ3) is 8.57. The van der Waals surface area contributed by atoms with Crippen LogP contribution in [0, 0.1) is 6.92 Å². The molecule has 0 bridgehead atoms. The Labute approximate surface area is 157 Å². The number of nitrogens with two attached hydrogens (primary N) is 1. The summed E-state index contributed by atoms with van der Waals surface area (Å²) in [5.74, 6) is 0.352. The standard InChI is InChI=1S/C15H23BrN4O.HI/c1-3-4-8-18-15(17)19-9-7-14(21)20-13-6-5-12(16)10-11(13)2;/h5-6,10H,3-4,7-9H2,1-2H3,(H,20,21)(H3,17,18,19);1H. The highest BCUT2D eigenvalue weighted by atomic mass is 127. The van der Waals surface area contributed by atoms with Gasteiger partial charge < -0.3 is 16.4 Å². The number of benzene rings is 1. The lowest BCUT2D eigenvalue weighted by Crippen LogP contribution is -2.34. The minimum absolute atomic E-state index is 0. The number of guanidine groups is 1. The van der Waals surface area contributed by atoms with Crippen LogP contribution < -0.4 is 16.4 Å². The highest BCUT2D eigenvalue weighted by Crippen LogP contribution is 2.19. The van der Waals surface area contributed by atoms with E-state index in [0.717, 1.165) is 35.1 Å². The molecule has 1 rings (SSSR count). The Hall–Kier alpha value is -0.830. The van der Waals surface area contributed by atoms with Crippen molar-refractivity contribution in [3.8, 4) is 0 Å². The van der Waals surface area contributed by atoms with Crippen LogP contribution in [0.4, 0.5) is 5.69 Å². The second kappa shape index (κ2) is 11.7. The molecule has 0 fully saturated rings. The molecule has 5 nitrogen and oxygen atoms in total. The number of rotatable bonds is 7. The molecule has 0 saturated carbocycles. The monoisotopic (exact) mass is 482 g/mol. The van der Waals surface area contributed by atoms with Gasteiger partial charge in [-0.25, -0.2) is 0 Å². The van der Waals surface area contributed by atoms with Crippen molar-refractivity contribution in [1.82, 2.24) is 5.32 Å². The summed E-state index contributed by atoms with van der Waals surface area (Å²) in [6.07, 6.45) is 2.46. The number of anilines is 1. The molecule has 0 aliphatic heterocycles. The molecule has 7 heteroatoms. The maximum absolute atomic E-state index is 11.8. The minimum atomic E-state index is -0.0470. The fraction of sp³-hybridized carbons (Fsp3) is 0.467. The van der Waals surface area contributed by atoms with E-state index in [0.29, 0.717) is 18.9 Å². The zero-order chi connectivity index (χ0) is 15.7. The fourth-order valence-electron chi connectivity index (χ4n) is 1.70. The van der Waals surface area contributed by atoms with E-state index in [1.165, 1.54) is 0 Å². The van der Waals surface area contributed by atoms with Crippen LogP contribution in [0.3, 0.4) is 0 Å². The average molecular weight is 483 g/mol. The van der Waals surface area contributed by atoms with Crippen molar-refractivity contribution in [3.05, 3.63) is 28.2 Å². The van der Waals surface area contributed by atoms with Crippen LogP contribution in [0.5, 0.6) is 0 Å². The van der Waals surface area contributed by atoms with Gasteiger partial charge in [0.2, 0.25) is 5.91 Å². The predicted molar refractivity (Wildman–Crippen MR) is 107 cm³/mol. The Morgan fingerprint density at radius 2 is 2.14 bits per heavy atom. The van der Waals surface area contributed by atoms with Crippen LogP contribution in [-0.2, 0) is 4.79 Å². The maximum atomic E-state index is 11.8. The van der Waals surface area contributed by atoms with Crippen LogP contribution >= 0.6 is 39.9 Å². The molecule has 0 unspecified atom stereocenters. The summed E-state index contributed by atoms with van der Waals surface area (Å²) in [5, 5.41) is 5.82. The van der Waals surface area contributed by atoms with E-state index in [9.17, 15) is 4.79 Å². The first-order valence-electron chi connectivity index (χ1n) is 7.12. The van der Waals surface area contributed by atoms with Gasteiger partial charge in [-0.15, -0.1) is 24.0 Å². The number of nitrogens with zero attached hydrogens (tertiary/aromatic N) is 1. The molecule has 0 aliphatic rings. The molecule has 4 N–H and O–H groups in total. The Kier molecular flexibility index (Phi) is 11.3. The molecule has 0 heterocycles. The van der Waals surface area contributed by atoms with E-state index >= 15 is 0 Å². The molecule has 124 valence electrons. The lowest BCUT2D eigenvalue weighted by atomic mass is 10.2. The van der Waals surface area contributed by atoms with Gasteiger partial charge in [0.1, 0.15) is 0 Å². The summed E-state index contributed by atoms with van der Waals surface area (Å²) in [5.41, 5.74) is 7.54. The summed E-state index contributed by atoms with van der Waals surface area (Å²) >= 11 is 3.40. The Balaban J connectivity index is 0.00000441. The summed E-state index contributed by atoms with van der Waals surface area (Å²) in [7, 11) is 0. The topological polar surface area (TPSA) is 79.5 Å². The maximum Gasteiger partial charge on any atom is 0.226 e.